The first-order chi connectivity index (χ1) is 9.24. The molecular weight excluding hydrogens is 250 g/mol. The average Bonchev–Trinajstić information content (AvgIpc) is 2.81. The molecule has 2 heterocycles. The molecule has 94 valence electrons. The Balaban J connectivity index is 1.99. The molecule has 1 aromatic carbocycles. The molecule has 3 rings (SSSR count). The third-order valence-electron chi connectivity index (χ3n) is 2.40. The second-order valence-electron chi connectivity index (χ2n) is 3.63. The van der Waals surface area contributed by atoms with Gasteiger partial charge >= 0.3 is 11.9 Å². The van der Waals surface area contributed by atoms with Gasteiger partial charge in [0.05, 0.1) is 0 Å². The number of nitrogens with zero attached hydrogens (tertiary/aromatic N) is 3. The van der Waals surface area contributed by atoms with E-state index in [4.69, 9.17) is 9.15 Å². The first kappa shape index (κ1) is 11.1. The zero-order chi connectivity index (χ0) is 13.2. The van der Waals surface area contributed by atoms with Gasteiger partial charge in [0, 0.05) is 0 Å². The highest BCUT2D eigenvalue weighted by molar-refractivity contribution is 5.72. The van der Waals surface area contributed by atoms with E-state index in [1.165, 1.54) is 18.3 Å². The number of oxazole rings is 1. The predicted octanol–water partition coefficient (Wildman–Crippen LogP) is 2.92. The van der Waals surface area contributed by atoms with Crippen molar-refractivity contribution in [3.63, 3.8) is 0 Å². The molecule has 0 atom stereocenters. The Morgan fingerprint density at radius 1 is 1.21 bits per heavy atom. The molecule has 7 heteroatoms. The molecule has 3 aromatic rings. The lowest BCUT2D eigenvalue weighted by atomic mass is 10.3. The molecule has 0 aliphatic rings. The van der Waals surface area contributed by atoms with Crippen molar-refractivity contribution >= 4 is 16.9 Å². The van der Waals surface area contributed by atoms with E-state index < -0.39 is 4.92 Å². The molecule has 0 N–H and O–H groups in total. The van der Waals surface area contributed by atoms with E-state index in [9.17, 15) is 10.1 Å². The predicted molar refractivity (Wildman–Crippen MR) is 65.0 cm³/mol. The number of rotatable bonds is 3. The Morgan fingerprint density at radius 3 is 2.84 bits per heavy atom. The van der Waals surface area contributed by atoms with Crippen molar-refractivity contribution in [2.24, 2.45) is 0 Å². The molecule has 0 fully saturated rings. The molecule has 0 aliphatic heterocycles. The van der Waals surface area contributed by atoms with Crippen LogP contribution in [0.5, 0.6) is 11.8 Å². The number of aromatic nitrogens is 2. The van der Waals surface area contributed by atoms with Crippen molar-refractivity contribution in [3.05, 3.63) is 52.7 Å². The summed E-state index contributed by atoms with van der Waals surface area (Å²) in [4.78, 5) is 17.9. The second kappa shape index (κ2) is 4.37. The Hall–Kier alpha value is -2.96. The van der Waals surface area contributed by atoms with Gasteiger partial charge in [0.1, 0.15) is 11.7 Å². The zero-order valence-corrected chi connectivity index (χ0v) is 9.52. The lowest BCUT2D eigenvalue weighted by Gasteiger charge is -2.00. The van der Waals surface area contributed by atoms with Crippen LogP contribution in [0, 0.1) is 10.1 Å². The van der Waals surface area contributed by atoms with Crippen molar-refractivity contribution in [3.8, 4) is 11.8 Å². The van der Waals surface area contributed by atoms with Crippen LogP contribution >= 0.6 is 0 Å². The van der Waals surface area contributed by atoms with E-state index in [2.05, 4.69) is 9.97 Å². The first-order valence-electron chi connectivity index (χ1n) is 5.37. The van der Waals surface area contributed by atoms with Crippen LogP contribution in [0.15, 0.2) is 47.0 Å². The summed E-state index contributed by atoms with van der Waals surface area (Å²) in [5.41, 5.74) is 1.16. The molecule has 0 radical (unpaired) electrons. The maximum atomic E-state index is 10.8. The molecule has 0 amide bonds. The lowest BCUT2D eigenvalue weighted by molar-refractivity contribution is -0.390. The number of fused-ring (bicyclic) bond motifs is 1. The molecule has 0 unspecified atom stereocenters. The Kier molecular flexibility index (Phi) is 2.57. The van der Waals surface area contributed by atoms with Gasteiger partial charge in [0.15, 0.2) is 5.58 Å². The highest BCUT2D eigenvalue weighted by atomic mass is 16.6. The zero-order valence-electron chi connectivity index (χ0n) is 9.52. The van der Waals surface area contributed by atoms with Gasteiger partial charge in [-0.15, -0.1) is 0 Å². The fourth-order valence-corrected chi connectivity index (χ4v) is 1.59. The molecule has 0 spiro atoms. The van der Waals surface area contributed by atoms with Crippen LogP contribution < -0.4 is 4.74 Å². The summed E-state index contributed by atoms with van der Waals surface area (Å²) >= 11 is 0. The topological polar surface area (TPSA) is 91.3 Å². The first-order valence-corrected chi connectivity index (χ1v) is 5.37. The van der Waals surface area contributed by atoms with Gasteiger partial charge in [0.25, 0.3) is 0 Å². The van der Waals surface area contributed by atoms with Gasteiger partial charge in [-0.2, -0.15) is 4.98 Å². The summed E-state index contributed by atoms with van der Waals surface area (Å²) in [6.45, 7) is 0. The highest BCUT2D eigenvalue weighted by Crippen LogP contribution is 2.30. The smallest absolute Gasteiger partial charge is 0.406 e. The molecule has 19 heavy (non-hydrogen) atoms. The summed E-state index contributed by atoms with van der Waals surface area (Å²) in [7, 11) is 0. The number of hydrogen-bond donors (Lipinski definition) is 0. The van der Waals surface area contributed by atoms with Gasteiger partial charge < -0.3 is 19.3 Å². The van der Waals surface area contributed by atoms with E-state index in [0.29, 0.717) is 11.1 Å². The summed E-state index contributed by atoms with van der Waals surface area (Å²) in [5.74, 6) is -0.399. The summed E-state index contributed by atoms with van der Waals surface area (Å²) in [5, 5.41) is 10.8. The Morgan fingerprint density at radius 2 is 2.05 bits per heavy atom. The summed E-state index contributed by atoms with van der Waals surface area (Å²) < 4.78 is 10.6. The molecular formula is C12H7N3O4. The van der Waals surface area contributed by atoms with E-state index >= 15 is 0 Å². The van der Waals surface area contributed by atoms with E-state index in [1.807, 2.05) is 0 Å². The summed E-state index contributed by atoms with van der Waals surface area (Å²) in [6, 6.07) is 10.0. The normalized spacial score (nSPS) is 10.5. The molecule has 0 aliphatic carbocycles. The monoisotopic (exact) mass is 257 g/mol. The lowest BCUT2D eigenvalue weighted by Crippen LogP contribution is -1.95. The van der Waals surface area contributed by atoms with Crippen molar-refractivity contribution in [2.75, 3.05) is 0 Å². The molecule has 2 aromatic heterocycles. The van der Waals surface area contributed by atoms with E-state index in [1.54, 1.807) is 24.3 Å². The number of nitro groups is 1. The fraction of sp³-hybridized carbons (Fsp3) is 0. The number of ether oxygens (including phenoxy) is 1. The maximum absolute atomic E-state index is 10.8. The highest BCUT2D eigenvalue weighted by Gasteiger charge is 2.18. The number of benzene rings is 1. The van der Waals surface area contributed by atoms with Gasteiger partial charge in [-0.1, -0.05) is 12.1 Å². The van der Waals surface area contributed by atoms with Crippen LogP contribution in [0.2, 0.25) is 0 Å². The standard InChI is InChI=1S/C12H7N3O4/c16-15(17)11-10(6-3-7-13-11)19-12-14-8-4-1-2-5-9(8)18-12/h1-7H. The molecule has 0 saturated heterocycles. The van der Waals surface area contributed by atoms with Crippen LogP contribution in [0.4, 0.5) is 5.82 Å². The van der Waals surface area contributed by atoms with Gasteiger partial charge in [-0.25, -0.2) is 0 Å². The minimum atomic E-state index is -0.627. The minimum Gasteiger partial charge on any atom is -0.409 e. The van der Waals surface area contributed by atoms with Gasteiger partial charge in [0.2, 0.25) is 5.75 Å². The Bertz CT molecular complexity index is 720. The number of hydrogen-bond acceptors (Lipinski definition) is 6. The van der Waals surface area contributed by atoms with Crippen molar-refractivity contribution in [2.45, 2.75) is 0 Å². The van der Waals surface area contributed by atoms with Gasteiger partial charge in [-0.3, -0.25) is 0 Å². The third-order valence-corrected chi connectivity index (χ3v) is 2.40. The minimum absolute atomic E-state index is 0.0148. The van der Waals surface area contributed by atoms with Crippen LogP contribution in [-0.4, -0.2) is 14.9 Å². The Labute approximate surface area is 106 Å². The summed E-state index contributed by atoms with van der Waals surface area (Å²) in [6.07, 6.45) is 1.26. The third kappa shape index (κ3) is 2.08. The van der Waals surface area contributed by atoms with Crippen molar-refractivity contribution in [1.29, 1.82) is 0 Å². The van der Waals surface area contributed by atoms with Crippen LogP contribution in [0.1, 0.15) is 0 Å². The average molecular weight is 257 g/mol. The van der Waals surface area contributed by atoms with Gasteiger partial charge in [-0.05, 0) is 34.2 Å². The molecule has 7 nitrogen and oxygen atoms in total. The number of pyridine rings is 1. The van der Waals surface area contributed by atoms with Crippen LogP contribution in [0.3, 0.4) is 0 Å². The van der Waals surface area contributed by atoms with Crippen LogP contribution in [-0.2, 0) is 0 Å². The van der Waals surface area contributed by atoms with E-state index in [0.717, 1.165) is 0 Å². The van der Waals surface area contributed by atoms with Crippen LogP contribution in [0.25, 0.3) is 11.1 Å². The maximum Gasteiger partial charge on any atom is 0.406 e. The SMILES string of the molecule is O=[N+]([O-])c1ncccc1Oc1nc2ccccc2o1. The largest absolute Gasteiger partial charge is 0.409 e. The second-order valence-corrected chi connectivity index (χ2v) is 3.63. The fourth-order valence-electron chi connectivity index (χ4n) is 1.59. The van der Waals surface area contributed by atoms with Crippen molar-refractivity contribution < 1.29 is 14.1 Å². The van der Waals surface area contributed by atoms with E-state index in [-0.39, 0.29) is 17.6 Å². The number of para-hydroxylation sites is 2. The molecule has 0 saturated carbocycles. The molecule has 0 bridgehead atoms. The quantitative estimate of drug-likeness (QED) is 0.529. The van der Waals surface area contributed by atoms with Crippen molar-refractivity contribution in [1.82, 2.24) is 9.97 Å².